The predicted molar refractivity (Wildman–Crippen MR) is 94.0 cm³/mol. The Morgan fingerprint density at radius 1 is 1.12 bits per heavy atom. The van der Waals surface area contributed by atoms with Crippen molar-refractivity contribution in [3.63, 3.8) is 0 Å². The third kappa shape index (κ3) is 3.99. The first-order valence-corrected chi connectivity index (χ1v) is 8.39. The van der Waals surface area contributed by atoms with E-state index in [-0.39, 0.29) is 17.7 Å². The molecule has 0 spiro atoms. The summed E-state index contributed by atoms with van der Waals surface area (Å²) in [5.41, 5.74) is 2.86. The molecule has 1 aliphatic rings. The van der Waals surface area contributed by atoms with Crippen LogP contribution in [0, 0.1) is 0 Å². The van der Waals surface area contributed by atoms with Gasteiger partial charge in [0.25, 0.3) is 5.91 Å². The summed E-state index contributed by atoms with van der Waals surface area (Å²) in [6.45, 7) is 3.66. The van der Waals surface area contributed by atoms with Crippen molar-refractivity contribution in [3.8, 4) is 11.5 Å². The van der Waals surface area contributed by atoms with E-state index in [0.29, 0.717) is 17.9 Å². The zero-order valence-corrected chi connectivity index (χ0v) is 14.4. The van der Waals surface area contributed by atoms with Crippen molar-refractivity contribution in [2.75, 3.05) is 6.61 Å². The third-order valence-corrected chi connectivity index (χ3v) is 4.15. The van der Waals surface area contributed by atoms with E-state index in [0.717, 1.165) is 12.8 Å². The molecule has 2 aromatic carbocycles. The summed E-state index contributed by atoms with van der Waals surface area (Å²) in [6, 6.07) is 13.1. The summed E-state index contributed by atoms with van der Waals surface area (Å²) in [5.74, 6) is 0.0445. The molecule has 0 saturated heterocycles. The van der Waals surface area contributed by atoms with E-state index in [1.54, 1.807) is 18.2 Å². The average molecular weight is 339 g/mol. The quantitative estimate of drug-likeness (QED) is 0.672. The fourth-order valence-electron chi connectivity index (χ4n) is 3.11. The van der Waals surface area contributed by atoms with Gasteiger partial charge in [0.2, 0.25) is 0 Å². The molecule has 5 nitrogen and oxygen atoms in total. The van der Waals surface area contributed by atoms with Crippen LogP contribution in [0.5, 0.6) is 11.5 Å². The van der Waals surface area contributed by atoms with Crippen LogP contribution in [-0.4, -0.2) is 24.5 Å². The minimum atomic E-state index is -0.476. The molecule has 5 heteroatoms. The van der Waals surface area contributed by atoms with E-state index < -0.39 is 5.97 Å². The number of rotatable bonds is 5. The molecule has 3 rings (SSSR count). The first-order chi connectivity index (χ1) is 12.1. The van der Waals surface area contributed by atoms with Gasteiger partial charge in [-0.05, 0) is 43.0 Å². The fourth-order valence-corrected chi connectivity index (χ4v) is 3.11. The minimum Gasteiger partial charge on any atom is -0.494 e. The first-order valence-electron chi connectivity index (χ1n) is 8.39. The Morgan fingerprint density at radius 2 is 1.80 bits per heavy atom. The smallest absolute Gasteiger partial charge is 0.308 e. The first kappa shape index (κ1) is 17.0. The number of nitrogens with one attached hydrogen (secondary N) is 1. The van der Waals surface area contributed by atoms with Crippen LogP contribution in [0.2, 0.25) is 0 Å². The molecule has 1 amide bonds. The van der Waals surface area contributed by atoms with Crippen LogP contribution >= 0.6 is 0 Å². The molecule has 0 saturated carbocycles. The Labute approximate surface area is 147 Å². The second-order valence-corrected chi connectivity index (χ2v) is 6.03. The van der Waals surface area contributed by atoms with Gasteiger partial charge in [-0.15, -0.1) is 0 Å². The van der Waals surface area contributed by atoms with Gasteiger partial charge in [-0.1, -0.05) is 24.3 Å². The number of carbonyl (C=O) groups is 2. The second-order valence-electron chi connectivity index (χ2n) is 6.03. The molecule has 0 unspecified atom stereocenters. The summed E-state index contributed by atoms with van der Waals surface area (Å²) < 4.78 is 10.6. The van der Waals surface area contributed by atoms with Gasteiger partial charge in [0, 0.05) is 19.0 Å². The number of carbonyl (C=O) groups excluding carboxylic acids is 2. The van der Waals surface area contributed by atoms with Crippen LogP contribution in [0.3, 0.4) is 0 Å². The maximum absolute atomic E-state index is 12.7. The summed E-state index contributed by atoms with van der Waals surface area (Å²) in [7, 11) is 0. The highest BCUT2D eigenvalue weighted by Crippen LogP contribution is 2.27. The molecule has 25 heavy (non-hydrogen) atoms. The van der Waals surface area contributed by atoms with E-state index in [9.17, 15) is 9.59 Å². The molecule has 0 atom stereocenters. The second kappa shape index (κ2) is 7.38. The Bertz CT molecular complexity index is 775. The van der Waals surface area contributed by atoms with Crippen LogP contribution in [0.1, 0.15) is 35.3 Å². The summed E-state index contributed by atoms with van der Waals surface area (Å²) in [5, 5.41) is 3.04. The van der Waals surface area contributed by atoms with Crippen molar-refractivity contribution in [2.24, 2.45) is 0 Å². The molecule has 0 aliphatic heterocycles. The molecule has 130 valence electrons. The van der Waals surface area contributed by atoms with Crippen LogP contribution in [0.25, 0.3) is 0 Å². The normalized spacial score (nSPS) is 13.2. The average Bonchev–Trinajstić information content (AvgIpc) is 2.97. The van der Waals surface area contributed by atoms with Crippen LogP contribution in [0.4, 0.5) is 0 Å². The van der Waals surface area contributed by atoms with Crippen molar-refractivity contribution in [3.05, 3.63) is 59.2 Å². The summed E-state index contributed by atoms with van der Waals surface area (Å²) in [4.78, 5) is 24.0. The monoisotopic (exact) mass is 339 g/mol. The lowest BCUT2D eigenvalue weighted by Gasteiger charge is -2.15. The minimum absolute atomic E-state index is 0.0432. The lowest BCUT2D eigenvalue weighted by molar-refractivity contribution is -0.131. The molecule has 0 heterocycles. The van der Waals surface area contributed by atoms with Gasteiger partial charge in [-0.2, -0.15) is 0 Å². The van der Waals surface area contributed by atoms with Crippen molar-refractivity contribution in [2.45, 2.75) is 32.7 Å². The van der Waals surface area contributed by atoms with E-state index in [4.69, 9.17) is 9.47 Å². The van der Waals surface area contributed by atoms with E-state index in [1.165, 1.54) is 18.1 Å². The third-order valence-electron chi connectivity index (χ3n) is 4.15. The van der Waals surface area contributed by atoms with Gasteiger partial charge in [-0.25, -0.2) is 0 Å². The highest BCUT2D eigenvalue weighted by molar-refractivity contribution is 5.98. The molecule has 0 aromatic heterocycles. The molecule has 0 fully saturated rings. The Kier molecular flexibility index (Phi) is 5.03. The SMILES string of the molecule is CCOc1ccc(C(=O)NC2Cc3ccccc3C2)c(OC(C)=O)c1. The Morgan fingerprint density at radius 3 is 2.40 bits per heavy atom. The number of fused-ring (bicyclic) bond motifs is 1. The number of hydrogen-bond acceptors (Lipinski definition) is 4. The van der Waals surface area contributed by atoms with Gasteiger partial charge >= 0.3 is 5.97 Å². The van der Waals surface area contributed by atoms with Crippen molar-refractivity contribution >= 4 is 11.9 Å². The van der Waals surface area contributed by atoms with Crippen LogP contribution in [0.15, 0.2) is 42.5 Å². The predicted octanol–water partition coefficient (Wildman–Crippen LogP) is 2.91. The van der Waals surface area contributed by atoms with Crippen LogP contribution < -0.4 is 14.8 Å². The molecule has 1 N–H and O–H groups in total. The lowest BCUT2D eigenvalue weighted by atomic mass is 10.1. The topological polar surface area (TPSA) is 64.6 Å². The lowest BCUT2D eigenvalue weighted by Crippen LogP contribution is -2.35. The highest BCUT2D eigenvalue weighted by Gasteiger charge is 2.24. The highest BCUT2D eigenvalue weighted by atomic mass is 16.5. The van der Waals surface area contributed by atoms with Crippen LogP contribution in [-0.2, 0) is 17.6 Å². The zero-order chi connectivity index (χ0) is 17.8. The molecular formula is C20H21NO4. The maximum Gasteiger partial charge on any atom is 0.308 e. The van der Waals surface area contributed by atoms with E-state index in [2.05, 4.69) is 17.4 Å². The molecular weight excluding hydrogens is 318 g/mol. The maximum atomic E-state index is 12.7. The van der Waals surface area contributed by atoms with Crippen molar-refractivity contribution in [1.82, 2.24) is 5.32 Å². The van der Waals surface area contributed by atoms with Crippen molar-refractivity contribution < 1.29 is 19.1 Å². The molecule has 0 bridgehead atoms. The summed E-state index contributed by atoms with van der Waals surface area (Å²) >= 11 is 0. The standard InChI is InChI=1S/C20H21NO4/c1-3-24-17-8-9-18(19(12-17)25-13(2)22)20(23)21-16-10-14-6-4-5-7-15(14)11-16/h4-9,12,16H,3,10-11H2,1-2H3,(H,21,23). The largest absolute Gasteiger partial charge is 0.494 e. The molecule has 1 aliphatic carbocycles. The van der Waals surface area contributed by atoms with Gasteiger partial charge < -0.3 is 14.8 Å². The Hall–Kier alpha value is -2.82. The van der Waals surface area contributed by atoms with Gasteiger partial charge in [0.1, 0.15) is 11.5 Å². The van der Waals surface area contributed by atoms with Crippen molar-refractivity contribution in [1.29, 1.82) is 0 Å². The molecule has 2 aromatic rings. The van der Waals surface area contributed by atoms with Gasteiger partial charge in [0.15, 0.2) is 0 Å². The Balaban J connectivity index is 1.76. The number of benzene rings is 2. The van der Waals surface area contributed by atoms with Gasteiger partial charge in [-0.3, -0.25) is 9.59 Å². The zero-order valence-electron chi connectivity index (χ0n) is 14.4. The van der Waals surface area contributed by atoms with Gasteiger partial charge in [0.05, 0.1) is 12.2 Å². The number of esters is 1. The fraction of sp³-hybridized carbons (Fsp3) is 0.300. The molecule has 0 radical (unpaired) electrons. The summed E-state index contributed by atoms with van der Waals surface area (Å²) in [6.07, 6.45) is 1.61. The van der Waals surface area contributed by atoms with E-state index in [1.807, 2.05) is 19.1 Å². The number of amides is 1. The van der Waals surface area contributed by atoms with E-state index >= 15 is 0 Å². The number of ether oxygens (including phenoxy) is 2. The number of hydrogen-bond donors (Lipinski definition) is 1.